The van der Waals surface area contributed by atoms with Gasteiger partial charge < -0.3 is 25.2 Å². The Bertz CT molecular complexity index is 714. The summed E-state index contributed by atoms with van der Waals surface area (Å²) in [6.07, 6.45) is 7.98. The molecule has 8 nitrogen and oxygen atoms in total. The molecule has 4 rings (SSSR count). The van der Waals surface area contributed by atoms with Gasteiger partial charge in [0.05, 0.1) is 6.10 Å². The Hall–Kier alpha value is -2.19. The van der Waals surface area contributed by atoms with Crippen LogP contribution in [0, 0.1) is 0 Å². The third-order valence-electron chi connectivity index (χ3n) is 5.47. The Morgan fingerprint density at radius 1 is 1.27 bits per heavy atom. The second kappa shape index (κ2) is 7.20. The first-order chi connectivity index (χ1) is 12.6. The molecule has 0 amide bonds. The van der Waals surface area contributed by atoms with Crippen molar-refractivity contribution in [1.29, 1.82) is 0 Å². The number of aromatic nitrogens is 4. The monoisotopic (exact) mass is 357 g/mol. The molecule has 1 aliphatic carbocycles. The summed E-state index contributed by atoms with van der Waals surface area (Å²) in [4.78, 5) is 20.4. The molecule has 1 saturated carbocycles. The van der Waals surface area contributed by atoms with Crippen LogP contribution in [0.4, 0.5) is 11.6 Å². The Balaban J connectivity index is 1.34. The highest BCUT2D eigenvalue weighted by Crippen LogP contribution is 2.35. The summed E-state index contributed by atoms with van der Waals surface area (Å²) in [6.45, 7) is 1.48. The van der Waals surface area contributed by atoms with Crippen molar-refractivity contribution < 1.29 is 5.11 Å². The van der Waals surface area contributed by atoms with Crippen LogP contribution < -0.4 is 15.1 Å². The number of aliphatic hydroxyl groups excluding tert-OH is 1. The number of β-amino-alcohol motifs (C(OH)–C–C–N with tert-alkyl or cyclic N) is 1. The van der Waals surface area contributed by atoms with Crippen molar-refractivity contribution >= 4 is 11.6 Å². The van der Waals surface area contributed by atoms with Gasteiger partial charge in [0.2, 0.25) is 0 Å². The molecule has 0 spiro atoms. The highest BCUT2D eigenvalue weighted by Gasteiger charge is 2.35. The highest BCUT2D eigenvalue weighted by molar-refractivity contribution is 5.51. The van der Waals surface area contributed by atoms with E-state index in [2.05, 4.69) is 30.2 Å². The van der Waals surface area contributed by atoms with Crippen molar-refractivity contribution in [2.75, 3.05) is 37.0 Å². The summed E-state index contributed by atoms with van der Waals surface area (Å²) < 4.78 is 0. The van der Waals surface area contributed by atoms with Crippen LogP contribution in [0.2, 0.25) is 0 Å². The fourth-order valence-electron chi connectivity index (χ4n) is 3.92. The average molecular weight is 357 g/mol. The van der Waals surface area contributed by atoms with Gasteiger partial charge in [-0.05, 0) is 19.3 Å². The van der Waals surface area contributed by atoms with Crippen LogP contribution in [0.1, 0.15) is 31.0 Å². The fraction of sp³-hybridized carbons (Fsp3) is 0.611. The first-order valence-electron chi connectivity index (χ1n) is 9.27. The molecule has 0 aromatic carbocycles. The number of imidazole rings is 1. The number of nitrogens with one attached hydrogen (secondary N) is 2. The maximum Gasteiger partial charge on any atom is 0.134 e. The summed E-state index contributed by atoms with van der Waals surface area (Å²) in [5.41, 5.74) is 0. The molecule has 0 unspecified atom stereocenters. The van der Waals surface area contributed by atoms with E-state index in [4.69, 9.17) is 0 Å². The number of aliphatic hydroxyl groups is 1. The van der Waals surface area contributed by atoms with E-state index in [1.165, 1.54) is 0 Å². The summed E-state index contributed by atoms with van der Waals surface area (Å²) in [6, 6.07) is 2.76. The predicted molar refractivity (Wildman–Crippen MR) is 100 cm³/mol. The molecule has 2 aromatic heterocycles. The molecule has 1 aliphatic heterocycles. The molecule has 2 aromatic rings. The molecular weight excluding hydrogens is 330 g/mol. The minimum Gasteiger partial charge on any atom is -0.391 e. The number of anilines is 2. The van der Waals surface area contributed by atoms with E-state index in [1.807, 2.05) is 37.5 Å². The van der Waals surface area contributed by atoms with Gasteiger partial charge in [-0.3, -0.25) is 0 Å². The SMILES string of the molecule is CN(C)c1cc(N2C[C@H](O)C[C@@H]2CNC2CC(c3ncc[nH]3)C2)ncn1. The summed E-state index contributed by atoms with van der Waals surface area (Å²) in [7, 11) is 3.94. The van der Waals surface area contributed by atoms with Crippen LogP contribution in [-0.4, -0.2) is 70.4 Å². The molecule has 0 radical (unpaired) electrons. The van der Waals surface area contributed by atoms with Gasteiger partial charge in [0.1, 0.15) is 23.8 Å². The smallest absolute Gasteiger partial charge is 0.134 e. The zero-order chi connectivity index (χ0) is 18.1. The van der Waals surface area contributed by atoms with Crippen molar-refractivity contribution in [2.24, 2.45) is 0 Å². The van der Waals surface area contributed by atoms with E-state index in [-0.39, 0.29) is 12.1 Å². The third-order valence-corrected chi connectivity index (χ3v) is 5.47. The van der Waals surface area contributed by atoms with E-state index >= 15 is 0 Å². The normalized spacial score (nSPS) is 28.2. The van der Waals surface area contributed by atoms with E-state index in [0.29, 0.717) is 18.5 Å². The molecule has 2 atom stereocenters. The van der Waals surface area contributed by atoms with E-state index in [9.17, 15) is 5.11 Å². The lowest BCUT2D eigenvalue weighted by Gasteiger charge is -2.36. The number of nitrogens with zero attached hydrogens (tertiary/aromatic N) is 5. The van der Waals surface area contributed by atoms with Gasteiger partial charge >= 0.3 is 0 Å². The molecular formula is C18H27N7O. The second-order valence-electron chi connectivity index (χ2n) is 7.57. The van der Waals surface area contributed by atoms with Gasteiger partial charge in [-0.25, -0.2) is 15.0 Å². The lowest BCUT2D eigenvalue weighted by atomic mass is 9.79. The molecule has 3 N–H and O–H groups in total. The van der Waals surface area contributed by atoms with Crippen molar-refractivity contribution in [3.8, 4) is 0 Å². The van der Waals surface area contributed by atoms with Crippen LogP contribution in [0.15, 0.2) is 24.8 Å². The van der Waals surface area contributed by atoms with Crippen LogP contribution in [0.5, 0.6) is 0 Å². The zero-order valence-corrected chi connectivity index (χ0v) is 15.3. The summed E-state index contributed by atoms with van der Waals surface area (Å²) in [5, 5.41) is 13.8. The Morgan fingerprint density at radius 3 is 2.85 bits per heavy atom. The molecule has 0 bridgehead atoms. The average Bonchev–Trinajstić information content (AvgIpc) is 3.23. The maximum absolute atomic E-state index is 10.2. The van der Waals surface area contributed by atoms with Crippen molar-refractivity contribution in [3.05, 3.63) is 30.6 Å². The number of hydrogen-bond acceptors (Lipinski definition) is 7. The van der Waals surface area contributed by atoms with Gasteiger partial charge in [0.15, 0.2) is 0 Å². The fourth-order valence-corrected chi connectivity index (χ4v) is 3.92. The number of rotatable bonds is 6. The predicted octanol–water partition coefficient (Wildman–Crippen LogP) is 0.741. The van der Waals surface area contributed by atoms with Crippen molar-refractivity contribution in [2.45, 2.75) is 43.4 Å². The van der Waals surface area contributed by atoms with E-state index < -0.39 is 0 Å². The minimum absolute atomic E-state index is 0.248. The number of hydrogen-bond donors (Lipinski definition) is 3. The van der Waals surface area contributed by atoms with Crippen LogP contribution in [-0.2, 0) is 0 Å². The molecule has 2 fully saturated rings. The largest absolute Gasteiger partial charge is 0.391 e. The van der Waals surface area contributed by atoms with Crippen molar-refractivity contribution in [3.63, 3.8) is 0 Å². The van der Waals surface area contributed by atoms with Gasteiger partial charge in [-0.1, -0.05) is 0 Å². The summed E-state index contributed by atoms with van der Waals surface area (Å²) in [5.74, 6) is 3.40. The molecule has 8 heteroatoms. The molecule has 2 aliphatic rings. The maximum atomic E-state index is 10.2. The van der Waals surface area contributed by atoms with Crippen molar-refractivity contribution in [1.82, 2.24) is 25.3 Å². The van der Waals surface area contributed by atoms with Crippen LogP contribution in [0.25, 0.3) is 0 Å². The standard InChI is InChI=1S/C18H27N7O/c1-24(2)16-8-17(23-11-22-16)25-10-15(26)7-14(25)9-21-13-5-12(6-13)18-19-3-4-20-18/h3-4,8,11-15,21,26H,5-7,9-10H2,1-2H3,(H,19,20)/t12?,13?,14-,15-/m1/s1. The minimum atomic E-state index is -0.308. The number of H-pyrrole nitrogens is 1. The zero-order valence-electron chi connectivity index (χ0n) is 15.3. The van der Waals surface area contributed by atoms with Gasteiger partial charge in [0, 0.05) is 63.6 Å². The molecule has 140 valence electrons. The number of aromatic amines is 1. The Kier molecular flexibility index (Phi) is 4.78. The van der Waals surface area contributed by atoms with Gasteiger partial charge in [-0.2, -0.15) is 0 Å². The van der Waals surface area contributed by atoms with E-state index in [0.717, 1.165) is 43.3 Å². The van der Waals surface area contributed by atoms with Crippen LogP contribution >= 0.6 is 0 Å². The van der Waals surface area contributed by atoms with E-state index in [1.54, 1.807) is 6.33 Å². The summed E-state index contributed by atoms with van der Waals surface area (Å²) >= 11 is 0. The Morgan fingerprint density at radius 2 is 2.12 bits per heavy atom. The lowest BCUT2D eigenvalue weighted by Crippen LogP contribution is -2.46. The Labute approximate surface area is 153 Å². The molecule has 26 heavy (non-hydrogen) atoms. The second-order valence-corrected chi connectivity index (χ2v) is 7.57. The first-order valence-corrected chi connectivity index (χ1v) is 9.27. The lowest BCUT2D eigenvalue weighted by molar-refractivity contribution is 0.192. The quantitative estimate of drug-likeness (QED) is 0.702. The molecule has 1 saturated heterocycles. The van der Waals surface area contributed by atoms with Crippen LogP contribution in [0.3, 0.4) is 0 Å². The molecule has 3 heterocycles. The van der Waals surface area contributed by atoms with Gasteiger partial charge in [-0.15, -0.1) is 0 Å². The highest BCUT2D eigenvalue weighted by atomic mass is 16.3. The van der Waals surface area contributed by atoms with Gasteiger partial charge in [0.25, 0.3) is 0 Å². The first kappa shape index (κ1) is 17.2. The topological polar surface area (TPSA) is 93.2 Å². The third kappa shape index (κ3) is 3.52.